The topological polar surface area (TPSA) is 55.9 Å². The van der Waals surface area contributed by atoms with E-state index in [1.807, 2.05) is 4.90 Å². The number of hydrogen-bond donors (Lipinski definition) is 1. The summed E-state index contributed by atoms with van der Waals surface area (Å²) < 4.78 is 0. The Labute approximate surface area is 211 Å². The van der Waals surface area contributed by atoms with E-state index < -0.39 is 0 Å². The number of benzene rings is 2. The molecular formula is C29H42N4O2. The van der Waals surface area contributed by atoms with Crippen LogP contribution >= 0.6 is 0 Å². The van der Waals surface area contributed by atoms with Crippen LogP contribution in [-0.4, -0.2) is 72.5 Å². The Morgan fingerprint density at radius 1 is 0.914 bits per heavy atom. The van der Waals surface area contributed by atoms with Gasteiger partial charge >= 0.3 is 6.03 Å². The van der Waals surface area contributed by atoms with Crippen LogP contribution < -0.4 is 5.32 Å². The van der Waals surface area contributed by atoms with Gasteiger partial charge in [0.1, 0.15) is 0 Å². The molecule has 35 heavy (non-hydrogen) atoms. The number of nitrogens with zero attached hydrogens (tertiary/aromatic N) is 3. The molecule has 1 aliphatic rings. The van der Waals surface area contributed by atoms with Gasteiger partial charge in [-0.05, 0) is 23.5 Å². The van der Waals surface area contributed by atoms with Gasteiger partial charge in [0.05, 0.1) is 6.04 Å². The molecule has 0 aliphatic carbocycles. The number of carbonyl (C=O) groups is 2. The van der Waals surface area contributed by atoms with Crippen molar-refractivity contribution in [3.8, 4) is 0 Å². The fraction of sp³-hybridized carbons (Fsp3) is 0.517. The van der Waals surface area contributed by atoms with Gasteiger partial charge in [0.15, 0.2) is 0 Å². The Morgan fingerprint density at radius 2 is 1.49 bits per heavy atom. The molecule has 3 rings (SSSR count). The lowest BCUT2D eigenvalue weighted by molar-refractivity contribution is -0.133. The smallest absolute Gasteiger partial charge is 0.317 e. The van der Waals surface area contributed by atoms with E-state index in [1.165, 1.54) is 11.1 Å². The fourth-order valence-corrected chi connectivity index (χ4v) is 4.70. The summed E-state index contributed by atoms with van der Waals surface area (Å²) in [5.41, 5.74) is 2.55. The molecule has 0 saturated carbocycles. The second-order valence-electron chi connectivity index (χ2n) is 9.82. The largest absolute Gasteiger partial charge is 0.340 e. The maximum atomic E-state index is 13.0. The Balaban J connectivity index is 1.56. The molecule has 0 bridgehead atoms. The lowest BCUT2D eigenvalue weighted by Gasteiger charge is -2.40. The van der Waals surface area contributed by atoms with Crippen molar-refractivity contribution in [3.05, 3.63) is 71.8 Å². The molecule has 1 heterocycles. The minimum absolute atomic E-state index is 0.0571. The highest BCUT2D eigenvalue weighted by atomic mass is 16.2. The van der Waals surface area contributed by atoms with Gasteiger partial charge in [0, 0.05) is 52.2 Å². The molecule has 0 atom stereocenters. The van der Waals surface area contributed by atoms with E-state index in [4.69, 9.17) is 0 Å². The molecule has 2 aromatic rings. The van der Waals surface area contributed by atoms with E-state index in [2.05, 4.69) is 91.7 Å². The first kappa shape index (κ1) is 26.7. The van der Waals surface area contributed by atoms with Gasteiger partial charge in [0.25, 0.3) is 0 Å². The van der Waals surface area contributed by atoms with Gasteiger partial charge in [-0.1, -0.05) is 87.9 Å². The van der Waals surface area contributed by atoms with Crippen molar-refractivity contribution in [2.45, 2.75) is 46.1 Å². The quantitative estimate of drug-likeness (QED) is 0.473. The second kappa shape index (κ2) is 13.9. The van der Waals surface area contributed by atoms with E-state index in [0.717, 1.165) is 25.9 Å². The summed E-state index contributed by atoms with van der Waals surface area (Å²) in [5, 5.41) is 3.00. The molecule has 0 radical (unpaired) electrons. The molecule has 3 amide bonds. The summed E-state index contributed by atoms with van der Waals surface area (Å²) in [6.45, 7) is 11.2. The van der Waals surface area contributed by atoms with Crippen LogP contribution in [0.3, 0.4) is 0 Å². The first-order valence-electron chi connectivity index (χ1n) is 13.1. The third-order valence-electron chi connectivity index (χ3n) is 6.54. The number of carbonyl (C=O) groups excluding carboxylic acids is 2. The second-order valence-corrected chi connectivity index (χ2v) is 9.82. The molecule has 0 unspecified atom stereocenters. The highest BCUT2D eigenvalue weighted by Crippen LogP contribution is 2.29. The molecule has 190 valence electrons. The van der Waals surface area contributed by atoms with Crippen molar-refractivity contribution in [2.75, 3.05) is 45.8 Å². The van der Waals surface area contributed by atoms with E-state index in [-0.39, 0.29) is 18.0 Å². The van der Waals surface area contributed by atoms with Crippen molar-refractivity contribution in [1.29, 1.82) is 0 Å². The summed E-state index contributed by atoms with van der Waals surface area (Å²) in [6.07, 6.45) is 2.39. The third kappa shape index (κ3) is 8.10. The lowest BCUT2D eigenvalue weighted by atomic mass is 9.96. The van der Waals surface area contributed by atoms with Crippen molar-refractivity contribution >= 4 is 11.9 Å². The van der Waals surface area contributed by atoms with E-state index in [9.17, 15) is 9.59 Å². The number of amides is 3. The zero-order chi connectivity index (χ0) is 25.0. The van der Waals surface area contributed by atoms with Crippen molar-refractivity contribution < 1.29 is 9.59 Å². The van der Waals surface area contributed by atoms with Crippen LogP contribution in [0.5, 0.6) is 0 Å². The molecule has 6 heteroatoms. The predicted molar refractivity (Wildman–Crippen MR) is 142 cm³/mol. The summed E-state index contributed by atoms with van der Waals surface area (Å²) in [4.78, 5) is 31.9. The number of urea groups is 1. The van der Waals surface area contributed by atoms with E-state index in [0.29, 0.717) is 45.1 Å². The molecule has 1 fully saturated rings. The Morgan fingerprint density at radius 3 is 2.00 bits per heavy atom. The highest BCUT2D eigenvalue weighted by molar-refractivity contribution is 5.78. The van der Waals surface area contributed by atoms with Crippen LogP contribution in [0.4, 0.5) is 4.79 Å². The predicted octanol–water partition coefficient (Wildman–Crippen LogP) is 4.78. The Bertz CT molecular complexity index is 856. The van der Waals surface area contributed by atoms with Crippen molar-refractivity contribution in [3.63, 3.8) is 0 Å². The van der Waals surface area contributed by atoms with Gasteiger partial charge in [-0.3, -0.25) is 9.69 Å². The number of piperazine rings is 1. The fourth-order valence-electron chi connectivity index (χ4n) is 4.70. The average molecular weight is 479 g/mol. The van der Waals surface area contributed by atoms with Crippen LogP contribution in [0.2, 0.25) is 0 Å². The number of unbranched alkanes of at least 4 members (excludes halogenated alkanes) is 1. The van der Waals surface area contributed by atoms with Crippen LogP contribution in [0.15, 0.2) is 60.7 Å². The third-order valence-corrected chi connectivity index (χ3v) is 6.54. The number of hydrogen-bond acceptors (Lipinski definition) is 3. The Hall–Kier alpha value is -2.86. The molecule has 6 nitrogen and oxygen atoms in total. The molecule has 2 aromatic carbocycles. The average Bonchev–Trinajstić information content (AvgIpc) is 2.88. The van der Waals surface area contributed by atoms with Gasteiger partial charge in [-0.25, -0.2) is 4.79 Å². The number of rotatable bonds is 11. The van der Waals surface area contributed by atoms with E-state index >= 15 is 0 Å². The normalized spacial score (nSPS) is 14.4. The molecule has 1 N–H and O–H groups in total. The van der Waals surface area contributed by atoms with Crippen LogP contribution in [0, 0.1) is 5.92 Å². The van der Waals surface area contributed by atoms with Crippen LogP contribution in [0.25, 0.3) is 0 Å². The Kier molecular flexibility index (Phi) is 10.6. The first-order chi connectivity index (χ1) is 17.0. The van der Waals surface area contributed by atoms with E-state index in [1.54, 1.807) is 4.90 Å². The SMILES string of the molecule is CCCCNC(=O)N(CCC(=O)N1CCN(C(c2ccccc2)c2ccccc2)CC1)CC(C)C. The molecule has 1 saturated heterocycles. The van der Waals surface area contributed by atoms with Gasteiger partial charge in [-0.15, -0.1) is 0 Å². The van der Waals surface area contributed by atoms with Crippen LogP contribution in [0.1, 0.15) is 57.2 Å². The lowest BCUT2D eigenvalue weighted by Crippen LogP contribution is -2.50. The highest BCUT2D eigenvalue weighted by Gasteiger charge is 2.28. The number of nitrogens with one attached hydrogen (secondary N) is 1. The zero-order valence-electron chi connectivity index (χ0n) is 21.7. The maximum Gasteiger partial charge on any atom is 0.317 e. The monoisotopic (exact) mass is 478 g/mol. The van der Waals surface area contributed by atoms with Gasteiger partial charge < -0.3 is 15.1 Å². The minimum Gasteiger partial charge on any atom is -0.340 e. The summed E-state index contributed by atoms with van der Waals surface area (Å²) in [5.74, 6) is 0.495. The molecule has 0 spiro atoms. The van der Waals surface area contributed by atoms with Crippen LogP contribution in [-0.2, 0) is 4.79 Å². The van der Waals surface area contributed by atoms with Gasteiger partial charge in [0.2, 0.25) is 5.91 Å². The minimum atomic E-state index is -0.0571. The maximum absolute atomic E-state index is 13.0. The molecule has 0 aromatic heterocycles. The first-order valence-corrected chi connectivity index (χ1v) is 13.1. The zero-order valence-corrected chi connectivity index (χ0v) is 21.7. The summed E-state index contributed by atoms with van der Waals surface area (Å²) >= 11 is 0. The molecule has 1 aliphatic heterocycles. The molecular weight excluding hydrogens is 436 g/mol. The van der Waals surface area contributed by atoms with Crippen molar-refractivity contribution in [1.82, 2.24) is 20.0 Å². The van der Waals surface area contributed by atoms with Crippen molar-refractivity contribution in [2.24, 2.45) is 5.92 Å². The summed E-state index contributed by atoms with van der Waals surface area (Å²) in [6, 6.07) is 21.3. The summed E-state index contributed by atoms with van der Waals surface area (Å²) in [7, 11) is 0. The standard InChI is InChI=1S/C29H42N4O2/c1-4-5-17-30-29(35)33(23-24(2)3)18-16-27(34)31-19-21-32(22-20-31)28(25-12-8-6-9-13-25)26-14-10-7-11-15-26/h6-15,24,28H,4-5,16-23H2,1-3H3,(H,30,35). The van der Waals surface area contributed by atoms with Gasteiger partial charge in [-0.2, -0.15) is 0 Å².